The zero-order valence-corrected chi connectivity index (χ0v) is 12.0. The van der Waals surface area contributed by atoms with Gasteiger partial charge in [0.15, 0.2) is 0 Å². The van der Waals surface area contributed by atoms with Crippen molar-refractivity contribution in [3.05, 3.63) is 65.2 Å². The lowest BCUT2D eigenvalue weighted by Gasteiger charge is -2.14. The molecule has 2 N–H and O–H groups in total. The van der Waals surface area contributed by atoms with Gasteiger partial charge in [0.25, 0.3) is 0 Å². The summed E-state index contributed by atoms with van der Waals surface area (Å²) in [6.07, 6.45) is 0. The minimum atomic E-state index is -0.979. The molecule has 1 aliphatic rings. The summed E-state index contributed by atoms with van der Waals surface area (Å²) < 4.78 is 0. The van der Waals surface area contributed by atoms with Crippen LogP contribution in [0.4, 0.5) is 5.69 Å². The molecule has 5 heteroatoms. The van der Waals surface area contributed by atoms with Crippen molar-refractivity contribution < 1.29 is 14.7 Å². The number of aromatic carboxylic acids is 1. The Morgan fingerprint density at radius 1 is 1.00 bits per heavy atom. The van der Waals surface area contributed by atoms with Crippen molar-refractivity contribution in [2.24, 2.45) is 0 Å². The maximum absolute atomic E-state index is 12.1. The molecular weight excluding hydrogens is 280 g/mol. The highest BCUT2D eigenvalue weighted by atomic mass is 16.4. The lowest BCUT2D eigenvalue weighted by Crippen LogP contribution is -2.29. The second kappa shape index (κ2) is 5.99. The van der Waals surface area contributed by atoms with Gasteiger partial charge in [-0.2, -0.15) is 0 Å². The number of fused-ring (bicyclic) bond motifs is 1. The smallest absolute Gasteiger partial charge is 0.335 e. The molecule has 1 heterocycles. The fraction of sp³-hybridized carbons (Fsp3) is 0.176. The normalized spacial score (nSPS) is 13.6. The van der Waals surface area contributed by atoms with Crippen molar-refractivity contribution in [1.82, 2.24) is 4.90 Å². The minimum Gasteiger partial charge on any atom is -0.478 e. The predicted molar refractivity (Wildman–Crippen MR) is 82.6 cm³/mol. The third kappa shape index (κ3) is 3.15. The third-order valence-corrected chi connectivity index (χ3v) is 3.69. The highest BCUT2D eigenvalue weighted by Gasteiger charge is 2.20. The van der Waals surface area contributed by atoms with Crippen LogP contribution in [0.3, 0.4) is 0 Å². The Morgan fingerprint density at radius 2 is 1.59 bits per heavy atom. The maximum atomic E-state index is 12.1. The van der Waals surface area contributed by atoms with Gasteiger partial charge in [-0.25, -0.2) is 4.79 Å². The molecule has 0 aromatic heterocycles. The fourth-order valence-corrected chi connectivity index (χ4v) is 2.62. The van der Waals surface area contributed by atoms with Crippen LogP contribution < -0.4 is 5.32 Å². The molecule has 2 aromatic carbocycles. The van der Waals surface area contributed by atoms with Crippen LogP contribution in [-0.4, -0.2) is 28.4 Å². The molecule has 0 bridgehead atoms. The minimum absolute atomic E-state index is 0.101. The summed E-state index contributed by atoms with van der Waals surface area (Å²) in [6, 6.07) is 14.3. The van der Waals surface area contributed by atoms with E-state index in [2.05, 4.69) is 22.3 Å². The number of carbonyl (C=O) groups excluding carboxylic acids is 1. The van der Waals surface area contributed by atoms with Crippen molar-refractivity contribution in [3.8, 4) is 0 Å². The van der Waals surface area contributed by atoms with Gasteiger partial charge in [-0.05, 0) is 35.4 Å². The number of hydrogen-bond donors (Lipinski definition) is 2. The number of nitrogens with one attached hydrogen (secondary N) is 1. The Hall–Kier alpha value is -2.66. The first-order chi connectivity index (χ1) is 10.6. The largest absolute Gasteiger partial charge is 0.478 e. The molecule has 0 fully saturated rings. The SMILES string of the molecule is O=C(CN1Cc2ccccc2C1)Nc1ccc(C(=O)O)cc1. The van der Waals surface area contributed by atoms with E-state index in [9.17, 15) is 9.59 Å². The molecule has 112 valence electrons. The van der Waals surface area contributed by atoms with E-state index in [1.165, 1.54) is 23.3 Å². The van der Waals surface area contributed by atoms with E-state index < -0.39 is 5.97 Å². The monoisotopic (exact) mass is 296 g/mol. The molecule has 0 radical (unpaired) electrons. The number of anilines is 1. The van der Waals surface area contributed by atoms with Crippen LogP contribution in [0.5, 0.6) is 0 Å². The fourth-order valence-electron chi connectivity index (χ4n) is 2.62. The number of amides is 1. The Kier molecular flexibility index (Phi) is 3.89. The van der Waals surface area contributed by atoms with Crippen LogP contribution in [-0.2, 0) is 17.9 Å². The second-order valence-electron chi connectivity index (χ2n) is 5.34. The molecule has 5 nitrogen and oxygen atoms in total. The number of benzene rings is 2. The highest BCUT2D eigenvalue weighted by molar-refractivity contribution is 5.93. The molecule has 0 saturated heterocycles. The van der Waals surface area contributed by atoms with Crippen LogP contribution in [0.15, 0.2) is 48.5 Å². The first-order valence-electron chi connectivity index (χ1n) is 7.04. The predicted octanol–water partition coefficient (Wildman–Crippen LogP) is 2.34. The average molecular weight is 296 g/mol. The van der Waals surface area contributed by atoms with Crippen LogP contribution in [0.25, 0.3) is 0 Å². The van der Waals surface area contributed by atoms with Crippen molar-refractivity contribution in [3.63, 3.8) is 0 Å². The van der Waals surface area contributed by atoms with E-state index >= 15 is 0 Å². The summed E-state index contributed by atoms with van der Waals surface area (Å²) >= 11 is 0. The van der Waals surface area contributed by atoms with Crippen molar-refractivity contribution in [2.75, 3.05) is 11.9 Å². The van der Waals surface area contributed by atoms with E-state index in [-0.39, 0.29) is 11.5 Å². The van der Waals surface area contributed by atoms with Gasteiger partial charge in [0.1, 0.15) is 0 Å². The van der Waals surface area contributed by atoms with Crippen molar-refractivity contribution >= 4 is 17.6 Å². The van der Waals surface area contributed by atoms with Gasteiger partial charge >= 0.3 is 5.97 Å². The van der Waals surface area contributed by atoms with Crippen molar-refractivity contribution in [2.45, 2.75) is 13.1 Å². The zero-order chi connectivity index (χ0) is 15.5. The molecule has 0 atom stereocenters. The molecular formula is C17H16N2O3. The summed E-state index contributed by atoms with van der Waals surface area (Å²) in [4.78, 5) is 24.9. The summed E-state index contributed by atoms with van der Waals surface area (Å²) in [5, 5.41) is 11.6. The van der Waals surface area contributed by atoms with Gasteiger partial charge in [0.05, 0.1) is 12.1 Å². The van der Waals surface area contributed by atoms with Gasteiger partial charge in [-0.3, -0.25) is 9.69 Å². The van der Waals surface area contributed by atoms with E-state index in [0.29, 0.717) is 12.2 Å². The number of nitrogens with zero attached hydrogens (tertiary/aromatic N) is 1. The third-order valence-electron chi connectivity index (χ3n) is 3.69. The average Bonchev–Trinajstić information content (AvgIpc) is 2.89. The first kappa shape index (κ1) is 14.3. The summed E-state index contributed by atoms with van der Waals surface area (Å²) in [7, 11) is 0. The molecule has 0 spiro atoms. The Bertz CT molecular complexity index is 685. The van der Waals surface area contributed by atoms with E-state index in [1.54, 1.807) is 12.1 Å². The number of hydrogen-bond acceptors (Lipinski definition) is 3. The molecule has 1 amide bonds. The van der Waals surface area contributed by atoms with E-state index in [1.807, 2.05) is 12.1 Å². The van der Waals surface area contributed by atoms with Gasteiger partial charge < -0.3 is 10.4 Å². The lowest BCUT2D eigenvalue weighted by atomic mass is 10.1. The van der Waals surface area contributed by atoms with E-state index in [4.69, 9.17) is 5.11 Å². The van der Waals surface area contributed by atoms with Gasteiger partial charge in [-0.15, -0.1) is 0 Å². The van der Waals surface area contributed by atoms with Gasteiger partial charge in [0.2, 0.25) is 5.91 Å². The summed E-state index contributed by atoms with van der Waals surface area (Å²) in [6.45, 7) is 1.87. The number of carboxylic acid groups (broad SMARTS) is 1. The standard InChI is InChI=1S/C17H16N2O3/c20-16(18-15-7-5-12(6-8-15)17(21)22)11-19-9-13-3-1-2-4-14(13)10-19/h1-8H,9-11H2,(H,18,20)(H,21,22). The maximum Gasteiger partial charge on any atom is 0.335 e. The van der Waals surface area contributed by atoms with Crippen LogP contribution in [0, 0.1) is 0 Å². The van der Waals surface area contributed by atoms with Crippen molar-refractivity contribution in [1.29, 1.82) is 0 Å². The van der Waals surface area contributed by atoms with Gasteiger partial charge in [0, 0.05) is 18.8 Å². The highest BCUT2D eigenvalue weighted by Crippen LogP contribution is 2.21. The molecule has 3 rings (SSSR count). The molecule has 22 heavy (non-hydrogen) atoms. The number of carboxylic acids is 1. The molecule has 0 saturated carbocycles. The number of rotatable bonds is 4. The molecule has 0 unspecified atom stereocenters. The first-order valence-corrected chi connectivity index (χ1v) is 7.04. The van der Waals surface area contributed by atoms with Crippen LogP contribution in [0.1, 0.15) is 21.5 Å². The number of carbonyl (C=O) groups is 2. The summed E-state index contributed by atoms with van der Waals surface area (Å²) in [5.74, 6) is -1.08. The van der Waals surface area contributed by atoms with Crippen LogP contribution in [0.2, 0.25) is 0 Å². The molecule has 1 aliphatic heterocycles. The zero-order valence-electron chi connectivity index (χ0n) is 12.0. The lowest BCUT2D eigenvalue weighted by molar-refractivity contribution is -0.117. The molecule has 2 aromatic rings. The molecule has 0 aliphatic carbocycles. The Balaban J connectivity index is 1.56. The topological polar surface area (TPSA) is 69.6 Å². The summed E-state index contributed by atoms with van der Waals surface area (Å²) in [5.41, 5.74) is 3.34. The second-order valence-corrected chi connectivity index (χ2v) is 5.34. The Labute approximate surface area is 128 Å². The van der Waals surface area contributed by atoms with Crippen LogP contribution >= 0.6 is 0 Å². The Morgan fingerprint density at radius 3 is 2.14 bits per heavy atom. The van der Waals surface area contributed by atoms with Gasteiger partial charge in [-0.1, -0.05) is 24.3 Å². The quantitative estimate of drug-likeness (QED) is 0.908. The van der Waals surface area contributed by atoms with E-state index in [0.717, 1.165) is 13.1 Å².